The first-order chi connectivity index (χ1) is 9.81. The van der Waals surface area contributed by atoms with E-state index in [-0.39, 0.29) is 0 Å². The van der Waals surface area contributed by atoms with Crippen LogP contribution in [-0.4, -0.2) is 12.6 Å². The number of aryl methyl sites for hydroxylation is 1. The molecule has 2 heteroatoms. The Balaban J connectivity index is 1.74. The molecule has 1 heterocycles. The Labute approximate surface area is 126 Å². The van der Waals surface area contributed by atoms with Crippen molar-refractivity contribution in [1.29, 1.82) is 0 Å². The first kappa shape index (κ1) is 13.8. The minimum absolute atomic E-state index is 0.582. The van der Waals surface area contributed by atoms with Crippen LogP contribution in [0.15, 0.2) is 36.4 Å². The van der Waals surface area contributed by atoms with Crippen molar-refractivity contribution in [2.75, 3.05) is 6.54 Å². The van der Waals surface area contributed by atoms with Crippen LogP contribution < -0.4 is 5.32 Å². The van der Waals surface area contributed by atoms with Crippen LogP contribution in [-0.2, 0) is 19.3 Å². The molecule has 0 saturated carbocycles. The van der Waals surface area contributed by atoms with Crippen LogP contribution in [0.3, 0.4) is 0 Å². The Hall–Kier alpha value is -1.12. The molecule has 1 aromatic heterocycles. The van der Waals surface area contributed by atoms with E-state index in [0.29, 0.717) is 12.0 Å². The molecular weight excluding hydrogens is 262 g/mol. The average Bonchev–Trinajstić information content (AvgIpc) is 2.88. The summed E-state index contributed by atoms with van der Waals surface area (Å²) < 4.78 is 0. The Kier molecular flexibility index (Phi) is 4.23. The molecule has 2 unspecified atom stereocenters. The predicted molar refractivity (Wildman–Crippen MR) is 87.8 cm³/mol. The number of fused-ring (bicyclic) bond motifs is 1. The molecule has 1 aromatic carbocycles. The van der Waals surface area contributed by atoms with E-state index in [1.807, 2.05) is 11.3 Å². The van der Waals surface area contributed by atoms with Crippen molar-refractivity contribution in [2.24, 2.45) is 0 Å². The van der Waals surface area contributed by atoms with Gasteiger partial charge in [0.05, 0.1) is 0 Å². The standard InChI is InChI=1S/C18H23NS/c1-3-14-9-10-15(20-14)12-18(19-4-2)17-11-13-7-5-6-8-16(13)17/h5-10,17-19H,3-4,11-12H2,1-2H3. The van der Waals surface area contributed by atoms with E-state index in [1.165, 1.54) is 16.2 Å². The third kappa shape index (κ3) is 2.68. The fraction of sp³-hybridized carbons (Fsp3) is 0.444. The highest BCUT2D eigenvalue weighted by atomic mass is 32.1. The van der Waals surface area contributed by atoms with Gasteiger partial charge >= 0.3 is 0 Å². The van der Waals surface area contributed by atoms with Gasteiger partial charge in [-0.3, -0.25) is 0 Å². The lowest BCUT2D eigenvalue weighted by molar-refractivity contribution is 0.406. The molecule has 3 rings (SSSR count). The summed E-state index contributed by atoms with van der Waals surface area (Å²) in [6, 6.07) is 14.1. The van der Waals surface area contributed by atoms with Crippen molar-refractivity contribution in [3.63, 3.8) is 0 Å². The zero-order chi connectivity index (χ0) is 13.9. The number of nitrogens with one attached hydrogen (secondary N) is 1. The summed E-state index contributed by atoms with van der Waals surface area (Å²) in [4.78, 5) is 3.03. The van der Waals surface area contributed by atoms with E-state index in [9.17, 15) is 0 Å². The molecule has 1 aliphatic rings. The van der Waals surface area contributed by atoms with Crippen LogP contribution in [0.2, 0.25) is 0 Å². The summed E-state index contributed by atoms with van der Waals surface area (Å²) in [5.41, 5.74) is 3.10. The number of rotatable bonds is 6. The largest absolute Gasteiger partial charge is 0.313 e. The Bertz CT molecular complexity index is 572. The average molecular weight is 285 g/mol. The predicted octanol–water partition coefficient (Wildman–Crippen LogP) is 4.17. The second-order valence-corrected chi connectivity index (χ2v) is 6.85. The number of benzene rings is 1. The number of likely N-dealkylation sites (N-methyl/N-ethyl adjacent to an activating group) is 1. The summed E-state index contributed by atoms with van der Waals surface area (Å²) in [7, 11) is 0. The quantitative estimate of drug-likeness (QED) is 0.840. The minimum atomic E-state index is 0.582. The molecule has 106 valence electrons. The highest BCUT2D eigenvalue weighted by Gasteiger charge is 2.32. The summed E-state index contributed by atoms with van der Waals surface area (Å²) >= 11 is 1.98. The fourth-order valence-corrected chi connectivity index (χ4v) is 4.23. The molecule has 0 radical (unpaired) electrons. The maximum atomic E-state index is 3.71. The van der Waals surface area contributed by atoms with E-state index in [2.05, 4.69) is 55.6 Å². The molecule has 0 aliphatic heterocycles. The summed E-state index contributed by atoms with van der Waals surface area (Å²) in [5.74, 6) is 0.693. The van der Waals surface area contributed by atoms with E-state index >= 15 is 0 Å². The van der Waals surface area contributed by atoms with Crippen LogP contribution in [0.1, 0.15) is 40.6 Å². The van der Waals surface area contributed by atoms with Crippen molar-refractivity contribution in [2.45, 2.75) is 45.1 Å². The number of thiophene rings is 1. The van der Waals surface area contributed by atoms with Crippen LogP contribution >= 0.6 is 11.3 Å². The monoisotopic (exact) mass is 285 g/mol. The van der Waals surface area contributed by atoms with Crippen molar-refractivity contribution in [1.82, 2.24) is 5.32 Å². The smallest absolute Gasteiger partial charge is 0.0187 e. The topological polar surface area (TPSA) is 12.0 Å². The molecule has 2 atom stereocenters. The van der Waals surface area contributed by atoms with E-state index in [0.717, 1.165) is 19.4 Å². The first-order valence-corrected chi connectivity index (χ1v) is 8.52. The van der Waals surface area contributed by atoms with Crippen LogP contribution in [0.4, 0.5) is 0 Å². The third-order valence-electron chi connectivity index (χ3n) is 4.33. The molecule has 0 amide bonds. The molecule has 0 saturated heterocycles. The maximum absolute atomic E-state index is 3.71. The van der Waals surface area contributed by atoms with Crippen LogP contribution in [0.5, 0.6) is 0 Å². The molecular formula is C18H23NS. The summed E-state index contributed by atoms with van der Waals surface area (Å²) in [6.45, 7) is 5.50. The second kappa shape index (κ2) is 6.11. The lowest BCUT2D eigenvalue weighted by Gasteiger charge is -2.37. The highest BCUT2D eigenvalue weighted by molar-refractivity contribution is 7.11. The van der Waals surface area contributed by atoms with Gasteiger partial charge in [0.1, 0.15) is 0 Å². The third-order valence-corrected chi connectivity index (χ3v) is 5.59. The molecule has 0 bridgehead atoms. The van der Waals surface area contributed by atoms with Gasteiger partial charge in [-0.1, -0.05) is 38.1 Å². The molecule has 20 heavy (non-hydrogen) atoms. The molecule has 2 aromatic rings. The van der Waals surface area contributed by atoms with Gasteiger partial charge in [-0.05, 0) is 49.1 Å². The Morgan fingerprint density at radius 1 is 1.15 bits per heavy atom. The second-order valence-electron chi connectivity index (χ2n) is 5.60. The van der Waals surface area contributed by atoms with Gasteiger partial charge < -0.3 is 5.32 Å². The Morgan fingerprint density at radius 3 is 2.65 bits per heavy atom. The number of hydrogen-bond acceptors (Lipinski definition) is 2. The summed E-state index contributed by atoms with van der Waals surface area (Å²) in [6.07, 6.45) is 3.56. The minimum Gasteiger partial charge on any atom is -0.313 e. The Morgan fingerprint density at radius 2 is 1.95 bits per heavy atom. The normalized spacial score (nSPS) is 18.4. The van der Waals surface area contributed by atoms with E-state index < -0.39 is 0 Å². The molecule has 0 spiro atoms. The van der Waals surface area contributed by atoms with Crippen molar-refractivity contribution < 1.29 is 0 Å². The van der Waals surface area contributed by atoms with E-state index in [1.54, 1.807) is 11.1 Å². The zero-order valence-corrected chi connectivity index (χ0v) is 13.2. The lowest BCUT2D eigenvalue weighted by Crippen LogP contribution is -2.41. The van der Waals surface area contributed by atoms with Crippen LogP contribution in [0.25, 0.3) is 0 Å². The molecule has 1 nitrogen and oxygen atoms in total. The zero-order valence-electron chi connectivity index (χ0n) is 12.4. The SMILES string of the molecule is CCNC(Cc1ccc(CC)s1)C1Cc2ccccc21. The fourth-order valence-electron chi connectivity index (χ4n) is 3.21. The van der Waals surface area contributed by atoms with Gasteiger partial charge in [0, 0.05) is 21.7 Å². The van der Waals surface area contributed by atoms with Gasteiger partial charge in [-0.2, -0.15) is 0 Å². The van der Waals surface area contributed by atoms with Crippen molar-refractivity contribution in [3.05, 3.63) is 57.3 Å². The van der Waals surface area contributed by atoms with Gasteiger partial charge in [0.25, 0.3) is 0 Å². The molecule has 0 fully saturated rings. The van der Waals surface area contributed by atoms with E-state index in [4.69, 9.17) is 0 Å². The number of hydrogen-bond donors (Lipinski definition) is 1. The summed E-state index contributed by atoms with van der Waals surface area (Å²) in [5, 5.41) is 3.71. The molecule has 1 N–H and O–H groups in total. The van der Waals surface area contributed by atoms with Crippen molar-refractivity contribution in [3.8, 4) is 0 Å². The van der Waals surface area contributed by atoms with Gasteiger partial charge in [0.15, 0.2) is 0 Å². The molecule has 1 aliphatic carbocycles. The van der Waals surface area contributed by atoms with Gasteiger partial charge in [0.2, 0.25) is 0 Å². The van der Waals surface area contributed by atoms with Crippen LogP contribution in [0, 0.1) is 0 Å². The maximum Gasteiger partial charge on any atom is 0.0187 e. The highest BCUT2D eigenvalue weighted by Crippen LogP contribution is 2.38. The lowest BCUT2D eigenvalue weighted by atomic mass is 9.72. The van der Waals surface area contributed by atoms with Gasteiger partial charge in [-0.25, -0.2) is 0 Å². The van der Waals surface area contributed by atoms with Gasteiger partial charge in [-0.15, -0.1) is 11.3 Å². The first-order valence-electron chi connectivity index (χ1n) is 7.70. The van der Waals surface area contributed by atoms with Crippen molar-refractivity contribution >= 4 is 11.3 Å².